The number of benzene rings is 2. The molecular weight excluding hydrogens is 352 g/mol. The largest absolute Gasteiger partial charge is 0.353 e. The van der Waals surface area contributed by atoms with E-state index in [1.807, 2.05) is 23.1 Å². The lowest BCUT2D eigenvalue weighted by Crippen LogP contribution is -2.39. The fourth-order valence-electron chi connectivity index (χ4n) is 4.33. The Balaban J connectivity index is 1.42. The Morgan fingerprint density at radius 2 is 2.00 bits per heavy atom. The fraction of sp³-hybridized carbons (Fsp3) is 0.318. The number of nitrogens with zero attached hydrogens (tertiary/aromatic N) is 2. The molecule has 2 aliphatic heterocycles. The molecule has 142 valence electrons. The molecule has 0 bridgehead atoms. The van der Waals surface area contributed by atoms with Crippen molar-refractivity contribution in [2.24, 2.45) is 0 Å². The second kappa shape index (κ2) is 6.78. The van der Waals surface area contributed by atoms with Crippen LogP contribution in [0.3, 0.4) is 0 Å². The van der Waals surface area contributed by atoms with Gasteiger partial charge in [-0.3, -0.25) is 14.7 Å². The Kier molecular flexibility index (Phi) is 4.11. The number of hydrogen-bond donors (Lipinski definition) is 2. The van der Waals surface area contributed by atoms with Crippen LogP contribution in [0.15, 0.2) is 42.5 Å². The highest BCUT2D eigenvalue weighted by atomic mass is 16.2. The van der Waals surface area contributed by atoms with Gasteiger partial charge in [0.05, 0.1) is 5.69 Å². The molecule has 1 fully saturated rings. The monoisotopic (exact) mass is 374 g/mol. The molecule has 1 atom stereocenters. The number of rotatable bonds is 3. The molecule has 6 heteroatoms. The quantitative estimate of drug-likeness (QED) is 0.740. The zero-order chi connectivity index (χ0) is 19.1. The lowest BCUT2D eigenvalue weighted by Gasteiger charge is -2.28. The van der Waals surface area contributed by atoms with Crippen molar-refractivity contribution >= 4 is 22.6 Å². The highest BCUT2D eigenvalue weighted by molar-refractivity contribution is 5.96. The number of carbonyl (C=O) groups is 2. The first kappa shape index (κ1) is 17.0. The van der Waals surface area contributed by atoms with Crippen molar-refractivity contribution in [2.75, 3.05) is 6.54 Å². The Hall–Kier alpha value is -3.15. The summed E-state index contributed by atoms with van der Waals surface area (Å²) >= 11 is 0. The highest BCUT2D eigenvalue weighted by Gasteiger charge is 2.29. The van der Waals surface area contributed by atoms with Crippen LogP contribution in [0.4, 0.5) is 0 Å². The maximum Gasteiger partial charge on any atom is 0.224 e. The number of fused-ring (bicyclic) bond motifs is 2. The number of carbonyl (C=O) groups excluding carboxylic acids is 2. The molecule has 2 aromatic carbocycles. The molecule has 0 spiro atoms. The molecule has 0 saturated carbocycles. The van der Waals surface area contributed by atoms with Crippen LogP contribution in [0.1, 0.15) is 30.5 Å². The van der Waals surface area contributed by atoms with E-state index in [0.29, 0.717) is 25.9 Å². The maximum absolute atomic E-state index is 12.8. The van der Waals surface area contributed by atoms with E-state index in [2.05, 4.69) is 39.8 Å². The summed E-state index contributed by atoms with van der Waals surface area (Å²) in [5, 5.41) is 13.0. The maximum atomic E-state index is 12.8. The zero-order valence-electron chi connectivity index (χ0n) is 15.6. The smallest absolute Gasteiger partial charge is 0.224 e. The van der Waals surface area contributed by atoms with E-state index in [1.165, 1.54) is 5.39 Å². The molecule has 1 aromatic heterocycles. The summed E-state index contributed by atoms with van der Waals surface area (Å²) in [5.74, 6) is 0.148. The van der Waals surface area contributed by atoms with E-state index < -0.39 is 0 Å². The standard InChI is InChI=1S/C22H22N4O2/c27-20-9-8-15(23-20)12-21(28)26-11-10-19-18(13-26)22(25-24-19)17-7-3-5-14-4-1-2-6-16(14)17/h1-7,15H,8-13H2,(H,23,27)(H,24,25)/t15-/m0/s1. The van der Waals surface area contributed by atoms with Crippen molar-refractivity contribution in [3.63, 3.8) is 0 Å². The van der Waals surface area contributed by atoms with E-state index in [9.17, 15) is 9.59 Å². The number of nitrogens with one attached hydrogen (secondary N) is 2. The average molecular weight is 374 g/mol. The van der Waals surface area contributed by atoms with Crippen molar-refractivity contribution in [1.82, 2.24) is 20.4 Å². The molecule has 6 nitrogen and oxygen atoms in total. The first-order valence-corrected chi connectivity index (χ1v) is 9.80. The minimum Gasteiger partial charge on any atom is -0.353 e. The van der Waals surface area contributed by atoms with Crippen LogP contribution >= 0.6 is 0 Å². The van der Waals surface area contributed by atoms with Crippen LogP contribution in [-0.4, -0.2) is 39.5 Å². The molecule has 2 N–H and O–H groups in total. The van der Waals surface area contributed by atoms with E-state index in [1.54, 1.807) is 0 Å². The predicted molar refractivity (Wildman–Crippen MR) is 106 cm³/mol. The number of aromatic amines is 1. The summed E-state index contributed by atoms with van der Waals surface area (Å²) < 4.78 is 0. The van der Waals surface area contributed by atoms with Crippen molar-refractivity contribution in [1.29, 1.82) is 0 Å². The number of H-pyrrole nitrogens is 1. The van der Waals surface area contributed by atoms with Crippen LogP contribution in [0.2, 0.25) is 0 Å². The van der Waals surface area contributed by atoms with E-state index in [-0.39, 0.29) is 17.9 Å². The van der Waals surface area contributed by atoms with Gasteiger partial charge in [-0.05, 0) is 17.2 Å². The molecule has 2 amide bonds. The van der Waals surface area contributed by atoms with E-state index in [0.717, 1.165) is 40.7 Å². The van der Waals surface area contributed by atoms with Crippen LogP contribution < -0.4 is 5.32 Å². The van der Waals surface area contributed by atoms with Crippen molar-refractivity contribution < 1.29 is 9.59 Å². The third kappa shape index (κ3) is 2.95. The molecule has 28 heavy (non-hydrogen) atoms. The average Bonchev–Trinajstić information content (AvgIpc) is 3.33. The van der Waals surface area contributed by atoms with Crippen LogP contribution in [0, 0.1) is 0 Å². The van der Waals surface area contributed by atoms with Crippen LogP contribution in [-0.2, 0) is 22.6 Å². The van der Waals surface area contributed by atoms with Crippen LogP contribution in [0.25, 0.3) is 22.0 Å². The van der Waals surface area contributed by atoms with E-state index in [4.69, 9.17) is 0 Å². The molecule has 3 heterocycles. The molecule has 1 saturated heterocycles. The Morgan fingerprint density at radius 1 is 1.14 bits per heavy atom. The normalized spacial score (nSPS) is 18.9. The lowest BCUT2D eigenvalue weighted by atomic mass is 9.96. The third-order valence-corrected chi connectivity index (χ3v) is 5.84. The summed E-state index contributed by atoms with van der Waals surface area (Å²) in [5.41, 5.74) is 4.24. The SMILES string of the molecule is O=C1CC[C@@H](CC(=O)N2CCc3[nH]nc(-c4cccc5ccccc45)c3C2)N1. The number of hydrogen-bond acceptors (Lipinski definition) is 3. The fourth-order valence-corrected chi connectivity index (χ4v) is 4.33. The first-order chi connectivity index (χ1) is 13.7. The molecular formula is C22H22N4O2. The lowest BCUT2D eigenvalue weighted by molar-refractivity contribution is -0.132. The molecule has 0 radical (unpaired) electrons. The van der Waals surface area contributed by atoms with Gasteiger partial charge in [-0.25, -0.2) is 0 Å². The molecule has 0 unspecified atom stereocenters. The van der Waals surface area contributed by atoms with Gasteiger partial charge in [0, 0.05) is 55.2 Å². The number of amides is 2. The van der Waals surface area contributed by atoms with Crippen molar-refractivity contribution in [3.8, 4) is 11.3 Å². The van der Waals surface area contributed by atoms with Crippen LogP contribution in [0.5, 0.6) is 0 Å². The van der Waals surface area contributed by atoms with Gasteiger partial charge in [0.1, 0.15) is 0 Å². The van der Waals surface area contributed by atoms with Gasteiger partial charge in [0.2, 0.25) is 11.8 Å². The van der Waals surface area contributed by atoms with Gasteiger partial charge in [0.25, 0.3) is 0 Å². The Labute approximate surface area is 162 Å². The number of aromatic nitrogens is 2. The predicted octanol–water partition coefficient (Wildman–Crippen LogP) is 2.78. The van der Waals surface area contributed by atoms with Gasteiger partial charge in [-0.1, -0.05) is 42.5 Å². The second-order valence-electron chi connectivity index (χ2n) is 7.63. The summed E-state index contributed by atoms with van der Waals surface area (Å²) in [7, 11) is 0. The van der Waals surface area contributed by atoms with Gasteiger partial charge >= 0.3 is 0 Å². The zero-order valence-corrected chi connectivity index (χ0v) is 15.6. The summed E-state index contributed by atoms with van der Waals surface area (Å²) in [6, 6.07) is 14.5. The molecule has 5 rings (SSSR count). The molecule has 3 aromatic rings. The highest BCUT2D eigenvalue weighted by Crippen LogP contribution is 2.33. The minimum atomic E-state index is -0.0247. The second-order valence-corrected chi connectivity index (χ2v) is 7.63. The topological polar surface area (TPSA) is 78.1 Å². The van der Waals surface area contributed by atoms with Gasteiger partial charge in [0.15, 0.2) is 0 Å². The van der Waals surface area contributed by atoms with Crippen molar-refractivity contribution in [2.45, 2.75) is 38.3 Å². The Morgan fingerprint density at radius 3 is 2.86 bits per heavy atom. The van der Waals surface area contributed by atoms with Gasteiger partial charge in [-0.2, -0.15) is 5.10 Å². The minimum absolute atomic E-state index is 0.0247. The molecule has 2 aliphatic rings. The Bertz CT molecular complexity index is 1070. The van der Waals surface area contributed by atoms with Crippen molar-refractivity contribution in [3.05, 3.63) is 53.7 Å². The van der Waals surface area contributed by atoms with Gasteiger partial charge in [-0.15, -0.1) is 0 Å². The summed E-state index contributed by atoms with van der Waals surface area (Å²) in [4.78, 5) is 26.1. The van der Waals surface area contributed by atoms with E-state index >= 15 is 0 Å². The van der Waals surface area contributed by atoms with Gasteiger partial charge < -0.3 is 10.2 Å². The summed E-state index contributed by atoms with van der Waals surface area (Å²) in [6.07, 6.45) is 2.42. The summed E-state index contributed by atoms with van der Waals surface area (Å²) in [6.45, 7) is 1.24. The molecule has 0 aliphatic carbocycles. The third-order valence-electron chi connectivity index (χ3n) is 5.84. The first-order valence-electron chi connectivity index (χ1n) is 9.80.